The molecule has 0 fully saturated rings. The van der Waals surface area contributed by atoms with Gasteiger partial charge in [-0.2, -0.15) is 18.2 Å². The molecule has 0 amide bonds. The van der Waals surface area contributed by atoms with Crippen molar-refractivity contribution in [3.8, 4) is 0 Å². The summed E-state index contributed by atoms with van der Waals surface area (Å²) in [5, 5.41) is 11.1. The zero-order valence-electron chi connectivity index (χ0n) is 9.94. The Morgan fingerprint density at radius 2 is 2.05 bits per heavy atom. The van der Waals surface area contributed by atoms with Crippen molar-refractivity contribution in [2.24, 2.45) is 0 Å². The number of aromatic nitrogens is 1. The number of rotatable bonds is 4. The third kappa shape index (κ3) is 3.08. The minimum Gasteiger partial charge on any atom is -0.476 e. The number of benzene rings is 1. The van der Waals surface area contributed by atoms with Gasteiger partial charge in [-0.1, -0.05) is 18.2 Å². The molecule has 2 aromatic rings. The molecule has 8 heteroatoms. The highest BCUT2D eigenvalue weighted by Crippen LogP contribution is 2.32. The summed E-state index contributed by atoms with van der Waals surface area (Å²) in [5.41, 5.74) is -1.08. The van der Waals surface area contributed by atoms with Crippen LogP contribution in [0, 0.1) is 0 Å². The van der Waals surface area contributed by atoms with Crippen LogP contribution >= 0.6 is 0 Å². The van der Waals surface area contributed by atoms with E-state index in [2.05, 4.69) is 10.3 Å². The van der Waals surface area contributed by atoms with Gasteiger partial charge in [0.15, 0.2) is 5.69 Å². The molecule has 0 spiro atoms. The molecule has 20 heavy (non-hydrogen) atoms. The van der Waals surface area contributed by atoms with E-state index in [9.17, 15) is 18.0 Å². The predicted molar refractivity (Wildman–Crippen MR) is 62.2 cm³/mol. The predicted octanol–water partition coefficient (Wildman–Crippen LogP) is 3.00. The van der Waals surface area contributed by atoms with Crippen molar-refractivity contribution in [3.05, 3.63) is 47.3 Å². The van der Waals surface area contributed by atoms with Crippen LogP contribution in [0.25, 0.3) is 0 Å². The molecule has 0 unspecified atom stereocenters. The summed E-state index contributed by atoms with van der Waals surface area (Å²) in [7, 11) is 0. The number of carboxylic acids is 1. The van der Waals surface area contributed by atoms with E-state index < -0.39 is 17.7 Å². The molecule has 0 radical (unpaired) electrons. The number of alkyl halides is 3. The van der Waals surface area contributed by atoms with Crippen LogP contribution in [0.5, 0.6) is 0 Å². The number of hydrogen-bond donors (Lipinski definition) is 2. The van der Waals surface area contributed by atoms with Gasteiger partial charge in [0.1, 0.15) is 6.26 Å². The molecule has 1 heterocycles. The van der Waals surface area contributed by atoms with Crippen molar-refractivity contribution in [3.63, 3.8) is 0 Å². The maximum Gasteiger partial charge on any atom is 0.416 e. The fourth-order valence-electron chi connectivity index (χ4n) is 1.58. The Labute approximate surface area is 111 Å². The zero-order chi connectivity index (χ0) is 14.8. The average Bonchev–Trinajstić information content (AvgIpc) is 2.84. The Balaban J connectivity index is 2.13. The van der Waals surface area contributed by atoms with Gasteiger partial charge >= 0.3 is 12.1 Å². The number of anilines is 1. The van der Waals surface area contributed by atoms with E-state index in [-0.39, 0.29) is 23.8 Å². The smallest absolute Gasteiger partial charge is 0.416 e. The van der Waals surface area contributed by atoms with Crippen LogP contribution in [0.1, 0.15) is 21.6 Å². The van der Waals surface area contributed by atoms with Gasteiger partial charge in [0.05, 0.1) is 5.56 Å². The molecule has 0 aliphatic carbocycles. The highest BCUT2D eigenvalue weighted by Gasteiger charge is 2.32. The number of oxazole rings is 1. The summed E-state index contributed by atoms with van der Waals surface area (Å²) in [6.45, 7) is -0.185. The molecule has 1 aromatic heterocycles. The molecule has 5 nitrogen and oxygen atoms in total. The third-order valence-corrected chi connectivity index (χ3v) is 2.48. The van der Waals surface area contributed by atoms with Gasteiger partial charge in [-0.25, -0.2) is 4.79 Å². The number of nitrogens with zero attached hydrogens (tertiary/aromatic N) is 1. The first-order valence-corrected chi connectivity index (χ1v) is 5.45. The Bertz CT molecular complexity index is 622. The first-order valence-electron chi connectivity index (χ1n) is 5.45. The minimum absolute atomic E-state index is 0.00933. The van der Waals surface area contributed by atoms with Crippen molar-refractivity contribution in [1.29, 1.82) is 0 Å². The first kappa shape index (κ1) is 13.9. The fraction of sp³-hybridized carbons (Fsp3) is 0.167. The fourth-order valence-corrected chi connectivity index (χ4v) is 1.58. The van der Waals surface area contributed by atoms with E-state index in [0.717, 1.165) is 12.3 Å². The highest BCUT2D eigenvalue weighted by atomic mass is 19.4. The van der Waals surface area contributed by atoms with E-state index in [4.69, 9.17) is 9.52 Å². The second-order valence-electron chi connectivity index (χ2n) is 3.85. The molecule has 2 N–H and O–H groups in total. The Morgan fingerprint density at radius 3 is 2.65 bits per heavy atom. The van der Waals surface area contributed by atoms with E-state index in [0.29, 0.717) is 0 Å². The Hall–Kier alpha value is -2.51. The molecule has 106 valence electrons. The van der Waals surface area contributed by atoms with E-state index in [1.807, 2.05) is 0 Å². The highest BCUT2D eigenvalue weighted by molar-refractivity contribution is 5.85. The van der Waals surface area contributed by atoms with E-state index in [1.165, 1.54) is 18.2 Å². The first-order chi connectivity index (χ1) is 9.38. The Kier molecular flexibility index (Phi) is 3.64. The van der Waals surface area contributed by atoms with Gasteiger partial charge in [-0.15, -0.1) is 0 Å². The van der Waals surface area contributed by atoms with Crippen LogP contribution in [-0.4, -0.2) is 16.1 Å². The Morgan fingerprint density at radius 1 is 1.35 bits per heavy atom. The standard InChI is InChI=1S/C12H9F3N2O3/c13-12(14,15)8-4-2-1-3-7(8)5-16-11-17-9(6-20-11)10(18)19/h1-4,6H,5H2,(H,16,17)(H,18,19). The maximum atomic E-state index is 12.7. The normalized spacial score (nSPS) is 11.3. The van der Waals surface area contributed by atoms with Crippen LogP contribution in [0.3, 0.4) is 0 Å². The molecule has 2 rings (SSSR count). The summed E-state index contributed by atoms with van der Waals surface area (Å²) in [6.07, 6.45) is -3.55. The van der Waals surface area contributed by atoms with E-state index >= 15 is 0 Å². The van der Waals surface area contributed by atoms with Crippen molar-refractivity contribution in [2.75, 3.05) is 5.32 Å². The van der Waals surface area contributed by atoms with Gasteiger partial charge in [-0.3, -0.25) is 0 Å². The average molecular weight is 286 g/mol. The zero-order valence-corrected chi connectivity index (χ0v) is 9.94. The second kappa shape index (κ2) is 5.24. The SMILES string of the molecule is O=C(O)c1coc(NCc2ccccc2C(F)(F)F)n1. The van der Waals surface area contributed by atoms with Gasteiger partial charge in [-0.05, 0) is 11.6 Å². The number of halogens is 3. The third-order valence-electron chi connectivity index (χ3n) is 2.48. The number of aromatic carboxylic acids is 1. The number of hydrogen-bond acceptors (Lipinski definition) is 4. The van der Waals surface area contributed by atoms with Crippen molar-refractivity contribution >= 4 is 12.0 Å². The summed E-state index contributed by atoms with van der Waals surface area (Å²) < 4.78 is 43.0. The lowest BCUT2D eigenvalue weighted by Crippen LogP contribution is -2.11. The van der Waals surface area contributed by atoms with Crippen molar-refractivity contribution in [2.45, 2.75) is 12.7 Å². The largest absolute Gasteiger partial charge is 0.476 e. The summed E-state index contributed by atoms with van der Waals surface area (Å²) in [4.78, 5) is 14.1. The maximum absolute atomic E-state index is 12.7. The van der Waals surface area contributed by atoms with Crippen molar-refractivity contribution < 1.29 is 27.5 Å². The van der Waals surface area contributed by atoms with E-state index in [1.54, 1.807) is 0 Å². The van der Waals surface area contributed by atoms with Gasteiger partial charge in [0.2, 0.25) is 0 Å². The van der Waals surface area contributed by atoms with Crippen molar-refractivity contribution in [1.82, 2.24) is 4.98 Å². The molecule has 1 aromatic carbocycles. The second-order valence-corrected chi connectivity index (χ2v) is 3.85. The van der Waals surface area contributed by atoms with Crippen LogP contribution in [0.15, 0.2) is 34.9 Å². The molecule has 0 saturated carbocycles. The topological polar surface area (TPSA) is 75.4 Å². The molecular formula is C12H9F3N2O3. The van der Waals surface area contributed by atoms with Crippen LogP contribution in [0.4, 0.5) is 19.2 Å². The molecular weight excluding hydrogens is 277 g/mol. The molecule has 0 saturated heterocycles. The number of carboxylic acid groups (broad SMARTS) is 1. The number of carbonyl (C=O) groups is 1. The molecule has 0 bridgehead atoms. The summed E-state index contributed by atoms with van der Waals surface area (Å²) in [5.74, 6) is -1.28. The molecule has 0 aliphatic heterocycles. The lowest BCUT2D eigenvalue weighted by atomic mass is 10.1. The van der Waals surface area contributed by atoms with Gasteiger partial charge < -0.3 is 14.8 Å². The molecule has 0 aliphatic rings. The number of nitrogens with one attached hydrogen (secondary N) is 1. The quantitative estimate of drug-likeness (QED) is 0.903. The summed E-state index contributed by atoms with van der Waals surface area (Å²) >= 11 is 0. The van der Waals surface area contributed by atoms with Gasteiger partial charge in [0.25, 0.3) is 6.01 Å². The van der Waals surface area contributed by atoms with Crippen LogP contribution in [0.2, 0.25) is 0 Å². The molecule has 0 atom stereocenters. The lowest BCUT2D eigenvalue weighted by Gasteiger charge is -2.12. The summed E-state index contributed by atoms with van der Waals surface area (Å²) in [6, 6.07) is 4.90. The minimum atomic E-state index is -4.46. The van der Waals surface area contributed by atoms with Crippen LogP contribution in [-0.2, 0) is 12.7 Å². The van der Waals surface area contributed by atoms with Crippen LogP contribution < -0.4 is 5.32 Å². The lowest BCUT2D eigenvalue weighted by molar-refractivity contribution is -0.138. The van der Waals surface area contributed by atoms with Gasteiger partial charge in [0, 0.05) is 6.54 Å². The monoisotopic (exact) mass is 286 g/mol.